The van der Waals surface area contributed by atoms with Crippen LogP contribution in [0.3, 0.4) is 0 Å². The summed E-state index contributed by atoms with van der Waals surface area (Å²) in [4.78, 5) is 23.9. The average Bonchev–Trinajstić information content (AvgIpc) is 2.40. The van der Waals surface area contributed by atoms with Crippen LogP contribution in [-0.4, -0.2) is 23.5 Å². The number of unbranched alkanes of at least 4 members (excludes halogenated alkanes) is 1. The number of allylic oxidation sites excluding steroid dienone is 2. The number of carbonyl (C=O) groups excluding carboxylic acids is 2. The molecular weight excluding hydrogens is 296 g/mol. The van der Waals surface area contributed by atoms with Gasteiger partial charge in [-0.2, -0.15) is 0 Å². The van der Waals surface area contributed by atoms with Gasteiger partial charge in [0.05, 0.1) is 6.61 Å². The number of halogens is 1. The SMILES string of the molecule is O=C1C=C(OCCCCBr)C(=O)c2ccccc21. The van der Waals surface area contributed by atoms with E-state index in [1.165, 1.54) is 6.08 Å². The number of hydrogen-bond acceptors (Lipinski definition) is 3. The lowest BCUT2D eigenvalue weighted by Gasteiger charge is -2.15. The molecule has 94 valence electrons. The lowest BCUT2D eigenvalue weighted by Crippen LogP contribution is -2.18. The fourth-order valence-corrected chi connectivity index (χ4v) is 2.17. The number of Topliss-reactive ketones (excluding diaryl/α,β-unsaturated/α-hetero) is 1. The van der Waals surface area contributed by atoms with Gasteiger partial charge in [0.15, 0.2) is 11.5 Å². The zero-order valence-corrected chi connectivity index (χ0v) is 11.4. The zero-order valence-electron chi connectivity index (χ0n) is 9.82. The van der Waals surface area contributed by atoms with E-state index in [1.807, 2.05) is 0 Å². The van der Waals surface area contributed by atoms with Gasteiger partial charge in [-0.05, 0) is 12.8 Å². The number of benzene rings is 1. The molecule has 2 rings (SSSR count). The van der Waals surface area contributed by atoms with E-state index in [-0.39, 0.29) is 17.3 Å². The highest BCUT2D eigenvalue weighted by atomic mass is 79.9. The van der Waals surface area contributed by atoms with Gasteiger partial charge in [0.25, 0.3) is 0 Å². The molecule has 18 heavy (non-hydrogen) atoms. The third-order valence-corrected chi connectivity index (χ3v) is 3.27. The molecule has 0 radical (unpaired) electrons. The molecule has 0 bridgehead atoms. The van der Waals surface area contributed by atoms with E-state index >= 15 is 0 Å². The van der Waals surface area contributed by atoms with Crippen LogP contribution < -0.4 is 0 Å². The Labute approximate surface area is 114 Å². The van der Waals surface area contributed by atoms with Crippen LogP contribution in [0.2, 0.25) is 0 Å². The highest BCUT2D eigenvalue weighted by Gasteiger charge is 2.25. The molecule has 1 aliphatic carbocycles. The topological polar surface area (TPSA) is 43.4 Å². The zero-order chi connectivity index (χ0) is 13.0. The largest absolute Gasteiger partial charge is 0.489 e. The second-order valence-corrected chi connectivity index (χ2v) is 4.79. The normalized spacial score (nSPS) is 14.2. The Hall–Kier alpha value is -1.42. The molecule has 0 amide bonds. The molecule has 0 heterocycles. The average molecular weight is 309 g/mol. The first-order valence-electron chi connectivity index (χ1n) is 5.82. The van der Waals surface area contributed by atoms with Crippen LogP contribution in [0.4, 0.5) is 0 Å². The molecule has 0 fully saturated rings. The predicted octanol–water partition coefficient (Wildman–Crippen LogP) is 3.14. The van der Waals surface area contributed by atoms with Crippen molar-refractivity contribution in [1.82, 2.24) is 0 Å². The van der Waals surface area contributed by atoms with Gasteiger partial charge in [-0.1, -0.05) is 40.2 Å². The summed E-state index contributed by atoms with van der Waals surface area (Å²) in [7, 11) is 0. The lowest BCUT2D eigenvalue weighted by atomic mass is 9.94. The second-order valence-electron chi connectivity index (χ2n) is 3.99. The highest BCUT2D eigenvalue weighted by Crippen LogP contribution is 2.21. The van der Waals surface area contributed by atoms with E-state index in [2.05, 4.69) is 15.9 Å². The molecule has 0 saturated heterocycles. The second kappa shape index (κ2) is 5.96. The van der Waals surface area contributed by atoms with Crippen LogP contribution in [-0.2, 0) is 4.74 Å². The number of carbonyl (C=O) groups is 2. The predicted molar refractivity (Wildman–Crippen MR) is 72.2 cm³/mol. The maximum absolute atomic E-state index is 12.1. The molecule has 0 unspecified atom stereocenters. The quantitative estimate of drug-likeness (QED) is 0.620. The lowest BCUT2D eigenvalue weighted by molar-refractivity contribution is 0.0881. The van der Waals surface area contributed by atoms with Gasteiger partial charge >= 0.3 is 0 Å². The number of fused-ring (bicyclic) bond motifs is 1. The molecule has 1 aliphatic rings. The fourth-order valence-electron chi connectivity index (χ4n) is 1.78. The Bertz CT molecular complexity index is 506. The summed E-state index contributed by atoms with van der Waals surface area (Å²) in [6, 6.07) is 6.82. The Kier molecular flexibility index (Phi) is 4.31. The van der Waals surface area contributed by atoms with Crippen molar-refractivity contribution in [2.45, 2.75) is 12.8 Å². The fraction of sp³-hybridized carbons (Fsp3) is 0.286. The van der Waals surface area contributed by atoms with Crippen LogP contribution in [0.15, 0.2) is 36.1 Å². The van der Waals surface area contributed by atoms with Crippen molar-refractivity contribution < 1.29 is 14.3 Å². The van der Waals surface area contributed by atoms with Crippen molar-refractivity contribution in [2.75, 3.05) is 11.9 Å². The Morgan fingerprint density at radius 3 is 2.50 bits per heavy atom. The van der Waals surface area contributed by atoms with Gasteiger partial charge in [0.1, 0.15) is 0 Å². The molecule has 4 heteroatoms. The van der Waals surface area contributed by atoms with Crippen molar-refractivity contribution in [3.8, 4) is 0 Å². The van der Waals surface area contributed by atoms with Crippen molar-refractivity contribution in [3.05, 3.63) is 47.2 Å². The van der Waals surface area contributed by atoms with E-state index in [4.69, 9.17) is 4.74 Å². The van der Waals surface area contributed by atoms with E-state index in [1.54, 1.807) is 24.3 Å². The van der Waals surface area contributed by atoms with Crippen LogP contribution >= 0.6 is 15.9 Å². The number of rotatable bonds is 5. The minimum Gasteiger partial charge on any atom is -0.489 e. The van der Waals surface area contributed by atoms with Crippen molar-refractivity contribution in [3.63, 3.8) is 0 Å². The number of ether oxygens (including phenoxy) is 1. The van der Waals surface area contributed by atoms with Gasteiger partial charge in [-0.25, -0.2) is 0 Å². The standard InChI is InChI=1S/C14H13BrO3/c15-7-3-4-8-18-13-9-12(16)10-5-1-2-6-11(10)14(13)17/h1-2,5-6,9H,3-4,7-8H2. The molecule has 0 spiro atoms. The first-order chi connectivity index (χ1) is 8.74. The van der Waals surface area contributed by atoms with Crippen molar-refractivity contribution >= 4 is 27.5 Å². The monoisotopic (exact) mass is 308 g/mol. The first-order valence-corrected chi connectivity index (χ1v) is 6.94. The summed E-state index contributed by atoms with van der Waals surface area (Å²) in [5.74, 6) is -0.210. The van der Waals surface area contributed by atoms with E-state index < -0.39 is 0 Å². The van der Waals surface area contributed by atoms with Gasteiger partial charge in [0, 0.05) is 22.5 Å². The highest BCUT2D eigenvalue weighted by molar-refractivity contribution is 9.09. The maximum atomic E-state index is 12.1. The Balaban J connectivity index is 2.11. The van der Waals surface area contributed by atoms with E-state index in [0.717, 1.165) is 18.2 Å². The smallest absolute Gasteiger partial charge is 0.228 e. The Morgan fingerprint density at radius 2 is 1.78 bits per heavy atom. The number of alkyl halides is 1. The van der Waals surface area contributed by atoms with Crippen LogP contribution in [0.5, 0.6) is 0 Å². The molecule has 0 atom stereocenters. The molecule has 3 nitrogen and oxygen atoms in total. The third kappa shape index (κ3) is 2.70. The maximum Gasteiger partial charge on any atom is 0.228 e. The van der Waals surface area contributed by atoms with Gasteiger partial charge < -0.3 is 4.74 Å². The number of ketones is 2. The third-order valence-electron chi connectivity index (χ3n) is 2.71. The summed E-state index contributed by atoms with van der Waals surface area (Å²) in [5.41, 5.74) is 0.885. The first kappa shape index (κ1) is 13.0. The minimum absolute atomic E-state index is 0.160. The summed E-state index contributed by atoms with van der Waals surface area (Å²) in [6.07, 6.45) is 3.12. The number of hydrogen-bond donors (Lipinski definition) is 0. The molecule has 0 saturated carbocycles. The Morgan fingerprint density at radius 1 is 1.06 bits per heavy atom. The molecule has 0 aromatic heterocycles. The molecule has 1 aromatic rings. The summed E-state index contributed by atoms with van der Waals surface area (Å²) >= 11 is 3.33. The molecule has 0 N–H and O–H groups in total. The van der Waals surface area contributed by atoms with Gasteiger partial charge in [-0.3, -0.25) is 9.59 Å². The molecule has 0 aliphatic heterocycles. The van der Waals surface area contributed by atoms with Gasteiger partial charge in [0.2, 0.25) is 5.78 Å². The van der Waals surface area contributed by atoms with Crippen LogP contribution in [0, 0.1) is 0 Å². The summed E-state index contributed by atoms with van der Waals surface area (Å²) in [6.45, 7) is 0.457. The molecule has 1 aromatic carbocycles. The van der Waals surface area contributed by atoms with Crippen molar-refractivity contribution in [1.29, 1.82) is 0 Å². The van der Waals surface area contributed by atoms with Crippen LogP contribution in [0.25, 0.3) is 0 Å². The summed E-state index contributed by atoms with van der Waals surface area (Å²) < 4.78 is 5.39. The summed E-state index contributed by atoms with van der Waals surface area (Å²) in [5, 5.41) is 0.908. The molecular formula is C14H13BrO3. The van der Waals surface area contributed by atoms with Gasteiger partial charge in [-0.15, -0.1) is 0 Å². The van der Waals surface area contributed by atoms with Crippen LogP contribution in [0.1, 0.15) is 33.6 Å². The van der Waals surface area contributed by atoms with E-state index in [0.29, 0.717) is 17.7 Å². The van der Waals surface area contributed by atoms with E-state index in [9.17, 15) is 9.59 Å². The minimum atomic E-state index is -0.205. The van der Waals surface area contributed by atoms with Crippen molar-refractivity contribution in [2.24, 2.45) is 0 Å².